The van der Waals surface area contributed by atoms with E-state index in [-0.39, 0.29) is 25.8 Å². The van der Waals surface area contributed by atoms with E-state index in [9.17, 15) is 13.6 Å². The lowest BCUT2D eigenvalue weighted by molar-refractivity contribution is -0.157. The molecule has 0 bridgehead atoms. The third-order valence-corrected chi connectivity index (χ3v) is 2.03. The van der Waals surface area contributed by atoms with E-state index >= 15 is 0 Å². The first kappa shape index (κ1) is 11.3. The van der Waals surface area contributed by atoms with Crippen LogP contribution < -0.4 is 0 Å². The van der Waals surface area contributed by atoms with E-state index in [1.807, 2.05) is 0 Å². The average molecular weight is 209 g/mol. The maximum absolute atomic E-state index is 12.1. The van der Waals surface area contributed by atoms with Gasteiger partial charge < -0.3 is 14.7 Å². The smallest absolute Gasteiger partial charge is 0.315 e. The third kappa shape index (κ3) is 2.62. The molecule has 1 amide bonds. The van der Waals surface area contributed by atoms with E-state index in [1.54, 1.807) is 6.92 Å². The van der Waals surface area contributed by atoms with Crippen LogP contribution in [-0.4, -0.2) is 54.2 Å². The third-order valence-electron chi connectivity index (χ3n) is 2.03. The molecule has 0 aliphatic carbocycles. The van der Waals surface area contributed by atoms with Crippen molar-refractivity contribution in [1.29, 1.82) is 0 Å². The summed E-state index contributed by atoms with van der Waals surface area (Å²) in [5, 5.41) is 8.80. The Balaban J connectivity index is 2.57. The number of ether oxygens (including phenoxy) is 1. The number of morpholine rings is 1. The molecule has 1 saturated heterocycles. The number of hydrogen-bond acceptors (Lipinski definition) is 3. The fourth-order valence-corrected chi connectivity index (χ4v) is 1.46. The van der Waals surface area contributed by atoms with Gasteiger partial charge in [0.15, 0.2) is 0 Å². The summed E-state index contributed by atoms with van der Waals surface area (Å²) in [7, 11) is 0. The minimum Gasteiger partial charge on any atom is -0.394 e. The summed E-state index contributed by atoms with van der Waals surface area (Å²) in [6.45, 7) is 1.59. The van der Waals surface area contributed by atoms with Crippen molar-refractivity contribution in [1.82, 2.24) is 4.90 Å². The molecule has 2 unspecified atom stereocenters. The maximum Gasteiger partial charge on any atom is 0.315 e. The van der Waals surface area contributed by atoms with Gasteiger partial charge in [0.05, 0.1) is 18.8 Å². The minimum absolute atomic E-state index is 0.0318. The number of rotatable bonds is 2. The van der Waals surface area contributed by atoms with Gasteiger partial charge in [0.1, 0.15) is 0 Å². The Hall–Kier alpha value is -0.750. The van der Waals surface area contributed by atoms with Gasteiger partial charge in [-0.1, -0.05) is 0 Å². The summed E-state index contributed by atoms with van der Waals surface area (Å²) in [6, 6.07) is 0. The molecule has 1 fully saturated rings. The molecule has 0 aromatic heterocycles. The first-order valence-corrected chi connectivity index (χ1v) is 4.38. The molecular weight excluding hydrogens is 196 g/mol. The molecule has 4 nitrogen and oxygen atoms in total. The summed E-state index contributed by atoms with van der Waals surface area (Å²) in [5.74, 6) is -1.20. The number of aliphatic hydroxyl groups excluding tert-OH is 1. The highest BCUT2D eigenvalue weighted by atomic mass is 19.3. The zero-order chi connectivity index (χ0) is 10.7. The summed E-state index contributed by atoms with van der Waals surface area (Å²) in [4.78, 5) is 12.0. The monoisotopic (exact) mass is 209 g/mol. The van der Waals surface area contributed by atoms with Gasteiger partial charge in [-0.15, -0.1) is 0 Å². The van der Waals surface area contributed by atoms with Crippen LogP contribution in [0.15, 0.2) is 0 Å². The fraction of sp³-hybridized carbons (Fsp3) is 0.875. The van der Waals surface area contributed by atoms with Crippen LogP contribution in [0.1, 0.15) is 6.92 Å². The number of carbonyl (C=O) groups is 1. The Morgan fingerprint density at radius 1 is 1.64 bits per heavy atom. The van der Waals surface area contributed by atoms with Gasteiger partial charge in [-0.2, -0.15) is 8.78 Å². The summed E-state index contributed by atoms with van der Waals surface area (Å²) in [6.07, 6.45) is -3.86. The van der Waals surface area contributed by atoms with Crippen LogP contribution in [0.25, 0.3) is 0 Å². The lowest BCUT2D eigenvalue weighted by atomic mass is 10.2. The van der Waals surface area contributed by atoms with Gasteiger partial charge in [-0.05, 0) is 6.92 Å². The van der Waals surface area contributed by atoms with Gasteiger partial charge in [-0.25, -0.2) is 0 Å². The van der Waals surface area contributed by atoms with E-state index in [4.69, 9.17) is 9.84 Å². The maximum atomic E-state index is 12.1. The molecule has 0 saturated carbocycles. The van der Waals surface area contributed by atoms with Crippen molar-refractivity contribution in [2.75, 3.05) is 19.7 Å². The second-order valence-electron chi connectivity index (χ2n) is 3.30. The highest BCUT2D eigenvalue weighted by Crippen LogP contribution is 2.13. The number of amides is 1. The Morgan fingerprint density at radius 3 is 2.79 bits per heavy atom. The minimum atomic E-state index is -2.99. The van der Waals surface area contributed by atoms with Crippen molar-refractivity contribution in [3.8, 4) is 0 Å². The Labute approximate surface area is 80.4 Å². The second-order valence-corrected chi connectivity index (χ2v) is 3.30. The van der Waals surface area contributed by atoms with Crippen LogP contribution in [0.2, 0.25) is 0 Å². The fourth-order valence-electron chi connectivity index (χ4n) is 1.46. The molecule has 6 heteroatoms. The lowest BCUT2D eigenvalue weighted by Crippen LogP contribution is -2.51. The predicted octanol–water partition coefficient (Wildman–Crippen LogP) is -0.140. The zero-order valence-corrected chi connectivity index (χ0v) is 7.82. The molecule has 1 rings (SSSR count). The van der Waals surface area contributed by atoms with Crippen molar-refractivity contribution < 1.29 is 23.4 Å². The average Bonchev–Trinajstić information content (AvgIpc) is 2.15. The van der Waals surface area contributed by atoms with Gasteiger partial charge >= 0.3 is 6.43 Å². The molecule has 1 N–H and O–H groups in total. The number of alkyl halides is 2. The van der Waals surface area contributed by atoms with Crippen LogP contribution in [-0.2, 0) is 9.53 Å². The first-order chi connectivity index (χ1) is 6.54. The number of aliphatic hydroxyl groups is 1. The predicted molar refractivity (Wildman–Crippen MR) is 44.0 cm³/mol. The molecule has 1 aliphatic heterocycles. The lowest BCUT2D eigenvalue weighted by Gasteiger charge is -2.35. The van der Waals surface area contributed by atoms with E-state index in [2.05, 4.69) is 0 Å². The number of carbonyl (C=O) groups excluding carboxylic acids is 1. The van der Waals surface area contributed by atoms with Gasteiger partial charge in [0, 0.05) is 13.1 Å². The van der Waals surface area contributed by atoms with Crippen LogP contribution in [0.5, 0.6) is 0 Å². The molecule has 0 spiro atoms. The quantitative estimate of drug-likeness (QED) is 0.688. The van der Waals surface area contributed by atoms with Crippen molar-refractivity contribution in [2.45, 2.75) is 25.6 Å². The molecule has 0 radical (unpaired) electrons. The van der Waals surface area contributed by atoms with Crippen LogP contribution in [0.3, 0.4) is 0 Å². The number of halogens is 2. The number of hydrogen-bond donors (Lipinski definition) is 1. The van der Waals surface area contributed by atoms with Gasteiger partial charge in [0.25, 0.3) is 5.91 Å². The highest BCUT2D eigenvalue weighted by Gasteiger charge is 2.31. The summed E-state index contributed by atoms with van der Waals surface area (Å²) >= 11 is 0. The summed E-state index contributed by atoms with van der Waals surface area (Å²) < 4.78 is 29.4. The number of nitrogens with zero attached hydrogens (tertiary/aromatic N) is 1. The van der Waals surface area contributed by atoms with Crippen LogP contribution in [0.4, 0.5) is 8.78 Å². The highest BCUT2D eigenvalue weighted by molar-refractivity contribution is 5.79. The zero-order valence-electron chi connectivity index (χ0n) is 7.82. The molecule has 0 aromatic rings. The standard InChI is InChI=1S/C8H13F2NO3/c1-5-2-11(8(13)7(9)10)3-6(4-12)14-5/h5-7,12H,2-4H2,1H3. The van der Waals surface area contributed by atoms with Gasteiger partial charge in [0.2, 0.25) is 0 Å². The Bertz CT molecular complexity index is 213. The SMILES string of the molecule is CC1CN(C(=O)C(F)F)CC(CO)O1. The molecular formula is C8H13F2NO3. The second kappa shape index (κ2) is 4.65. The van der Waals surface area contributed by atoms with Crippen molar-refractivity contribution in [3.05, 3.63) is 0 Å². The van der Waals surface area contributed by atoms with E-state index < -0.39 is 18.4 Å². The van der Waals surface area contributed by atoms with Gasteiger partial charge in [-0.3, -0.25) is 4.79 Å². The Kier molecular flexibility index (Phi) is 3.77. The molecule has 1 aliphatic rings. The molecule has 0 aromatic carbocycles. The molecule has 82 valence electrons. The van der Waals surface area contributed by atoms with E-state index in [1.165, 1.54) is 0 Å². The normalized spacial score (nSPS) is 28.2. The first-order valence-electron chi connectivity index (χ1n) is 4.38. The summed E-state index contributed by atoms with van der Waals surface area (Å²) in [5.41, 5.74) is 0. The van der Waals surface area contributed by atoms with E-state index in [0.717, 1.165) is 4.90 Å². The van der Waals surface area contributed by atoms with Crippen molar-refractivity contribution in [3.63, 3.8) is 0 Å². The topological polar surface area (TPSA) is 49.8 Å². The van der Waals surface area contributed by atoms with Crippen LogP contribution >= 0.6 is 0 Å². The molecule has 2 atom stereocenters. The largest absolute Gasteiger partial charge is 0.394 e. The van der Waals surface area contributed by atoms with Crippen molar-refractivity contribution in [2.24, 2.45) is 0 Å². The van der Waals surface area contributed by atoms with E-state index in [0.29, 0.717) is 0 Å². The van der Waals surface area contributed by atoms with Crippen LogP contribution in [0, 0.1) is 0 Å². The molecule has 1 heterocycles. The molecule has 14 heavy (non-hydrogen) atoms. The van der Waals surface area contributed by atoms with Crippen molar-refractivity contribution >= 4 is 5.91 Å². The Morgan fingerprint density at radius 2 is 2.29 bits per heavy atom.